The van der Waals surface area contributed by atoms with Gasteiger partial charge >= 0.3 is 18.1 Å². The van der Waals surface area contributed by atoms with Gasteiger partial charge in [0.25, 0.3) is 0 Å². The lowest BCUT2D eigenvalue weighted by molar-refractivity contribution is -0.139. The third-order valence-electron chi connectivity index (χ3n) is 4.28. The van der Waals surface area contributed by atoms with Crippen molar-refractivity contribution < 1.29 is 42.9 Å². The van der Waals surface area contributed by atoms with E-state index in [-0.39, 0.29) is 37.1 Å². The maximum absolute atomic E-state index is 12.5. The highest BCUT2D eigenvalue weighted by Crippen LogP contribution is 2.26. The zero-order valence-electron chi connectivity index (χ0n) is 19.5. The van der Waals surface area contributed by atoms with Crippen LogP contribution in [0.1, 0.15) is 29.6 Å². The first-order chi connectivity index (χ1) is 17.4. The number of esters is 2. The monoisotopic (exact) mass is 514 g/mol. The first kappa shape index (κ1) is 28.2. The van der Waals surface area contributed by atoms with Crippen LogP contribution in [0.15, 0.2) is 78.9 Å². The first-order valence-corrected chi connectivity index (χ1v) is 11.7. The average molecular weight is 515 g/mol. The number of carbonyl (C=O) groups excluding carboxylic acids is 4. The molecule has 0 saturated heterocycles. The smallest absolute Gasteiger partial charge is 0.493 e. The number of benzene rings is 2. The molecule has 0 amide bonds. The molecule has 0 unspecified atom stereocenters. The van der Waals surface area contributed by atoms with Crippen LogP contribution in [0, 0.1) is 0 Å². The van der Waals surface area contributed by atoms with E-state index in [1.165, 1.54) is 12.1 Å². The Morgan fingerprint density at radius 2 is 1.44 bits per heavy atom. The van der Waals surface area contributed by atoms with Crippen molar-refractivity contribution in [2.45, 2.75) is 24.2 Å². The normalized spacial score (nSPS) is 10.0. The number of rotatable bonds is 14. The van der Waals surface area contributed by atoms with E-state index in [9.17, 15) is 19.2 Å². The van der Waals surface area contributed by atoms with Crippen molar-refractivity contribution in [3.05, 3.63) is 79.6 Å². The molecule has 0 fully saturated rings. The van der Waals surface area contributed by atoms with Crippen LogP contribution in [0.25, 0.3) is 0 Å². The van der Waals surface area contributed by atoms with Gasteiger partial charge in [0.1, 0.15) is 11.5 Å². The van der Waals surface area contributed by atoms with Crippen molar-refractivity contribution in [3.63, 3.8) is 0 Å². The van der Waals surface area contributed by atoms with Crippen molar-refractivity contribution in [3.8, 4) is 11.5 Å². The van der Waals surface area contributed by atoms with Gasteiger partial charge in [-0.05, 0) is 73.1 Å². The molecular weight excluding hydrogens is 488 g/mol. The van der Waals surface area contributed by atoms with E-state index in [1.54, 1.807) is 36.4 Å². The summed E-state index contributed by atoms with van der Waals surface area (Å²) in [6.45, 7) is 7.09. The number of thioether (sulfide) groups is 1. The Morgan fingerprint density at radius 1 is 0.806 bits per heavy atom. The van der Waals surface area contributed by atoms with Gasteiger partial charge in [0, 0.05) is 16.5 Å². The van der Waals surface area contributed by atoms with E-state index in [0.29, 0.717) is 29.1 Å². The quantitative estimate of drug-likeness (QED) is 0.0641. The summed E-state index contributed by atoms with van der Waals surface area (Å²) in [6.07, 6.45) is 2.40. The molecule has 9 nitrogen and oxygen atoms in total. The maximum atomic E-state index is 12.5. The first-order valence-electron chi connectivity index (χ1n) is 10.9. The molecule has 10 heteroatoms. The van der Waals surface area contributed by atoms with Gasteiger partial charge in [0.15, 0.2) is 0 Å². The Balaban J connectivity index is 1.71. The van der Waals surface area contributed by atoms with Gasteiger partial charge in [-0.25, -0.2) is 9.59 Å². The third-order valence-corrected chi connectivity index (χ3v) is 5.21. The second kappa shape index (κ2) is 15.8. The number of hydrogen-bond donors (Lipinski definition) is 0. The molecular formula is C26H26O9S. The van der Waals surface area contributed by atoms with E-state index in [2.05, 4.69) is 17.9 Å². The van der Waals surface area contributed by atoms with Crippen LogP contribution in [0.4, 0.5) is 4.79 Å². The second-order valence-electron chi connectivity index (χ2n) is 6.92. The molecule has 0 saturated carbocycles. The zero-order chi connectivity index (χ0) is 26.2. The molecule has 2 rings (SSSR count). The van der Waals surface area contributed by atoms with E-state index < -0.39 is 18.1 Å². The number of carbonyl (C=O) groups is 4. The minimum Gasteiger partial charge on any atom is -0.493 e. The highest BCUT2D eigenvalue weighted by molar-refractivity contribution is 8.14. The van der Waals surface area contributed by atoms with Gasteiger partial charge in [-0.2, -0.15) is 0 Å². The predicted octanol–water partition coefficient (Wildman–Crippen LogP) is 5.10. The molecule has 36 heavy (non-hydrogen) atoms. The van der Waals surface area contributed by atoms with Crippen LogP contribution in [-0.2, 0) is 23.8 Å². The largest absolute Gasteiger partial charge is 0.513 e. The second-order valence-corrected chi connectivity index (χ2v) is 7.97. The molecule has 0 N–H and O–H groups in total. The zero-order valence-corrected chi connectivity index (χ0v) is 20.3. The molecule has 0 aliphatic rings. The molecule has 0 aliphatic heterocycles. The van der Waals surface area contributed by atoms with Crippen LogP contribution >= 0.6 is 11.8 Å². The molecule has 0 atom stereocenters. The molecule has 0 radical (unpaired) electrons. The molecule has 0 aliphatic carbocycles. The summed E-state index contributed by atoms with van der Waals surface area (Å²) < 4.78 is 24.9. The Kier molecular flexibility index (Phi) is 12.4. The highest BCUT2D eigenvalue weighted by atomic mass is 32.2. The fourth-order valence-corrected chi connectivity index (χ4v) is 3.29. The molecule has 0 bridgehead atoms. The average Bonchev–Trinajstić information content (AvgIpc) is 2.87. The number of hydrogen-bond acceptors (Lipinski definition) is 10. The van der Waals surface area contributed by atoms with Crippen LogP contribution in [0.2, 0.25) is 0 Å². The lowest BCUT2D eigenvalue weighted by Crippen LogP contribution is -2.12. The van der Waals surface area contributed by atoms with Crippen LogP contribution in [0.3, 0.4) is 0 Å². The van der Waals surface area contributed by atoms with Gasteiger partial charge in [-0.15, -0.1) is 0 Å². The molecule has 2 aromatic rings. The summed E-state index contributed by atoms with van der Waals surface area (Å²) in [4.78, 5) is 47.2. The molecule has 0 spiro atoms. The van der Waals surface area contributed by atoms with Crippen LogP contribution in [-0.4, -0.2) is 43.0 Å². The Morgan fingerprint density at radius 3 is 2.08 bits per heavy atom. The Labute approximate surface area is 213 Å². The lowest BCUT2D eigenvalue weighted by atomic mass is 10.2. The summed E-state index contributed by atoms with van der Waals surface area (Å²) in [5, 5.41) is -0.192. The molecule has 0 heterocycles. The third kappa shape index (κ3) is 10.9. The van der Waals surface area contributed by atoms with E-state index in [4.69, 9.17) is 18.9 Å². The number of unbranched alkanes of at least 4 members (excludes halogenated alkanes) is 1. The van der Waals surface area contributed by atoms with Crippen molar-refractivity contribution in [1.82, 2.24) is 0 Å². The Hall–Kier alpha value is -4.05. The van der Waals surface area contributed by atoms with Crippen molar-refractivity contribution >= 4 is 35.0 Å². The summed E-state index contributed by atoms with van der Waals surface area (Å²) >= 11 is 1.03. The SMILES string of the molecule is C=COC(=O)CCOc1ccc(SC(=O)c2ccc(OC(=O)OCCCCOC(=O)C=C)cc2)cc1. The van der Waals surface area contributed by atoms with Gasteiger partial charge in [-0.3, -0.25) is 9.59 Å². The van der Waals surface area contributed by atoms with E-state index in [1.807, 2.05) is 0 Å². The highest BCUT2D eigenvalue weighted by Gasteiger charge is 2.11. The molecule has 0 aromatic heterocycles. The number of ether oxygens (including phenoxy) is 5. The van der Waals surface area contributed by atoms with Gasteiger partial charge in [0.05, 0.1) is 32.5 Å². The fraction of sp³-hybridized carbons (Fsp3) is 0.231. The molecule has 2 aromatic carbocycles. The van der Waals surface area contributed by atoms with Crippen molar-refractivity contribution in [2.24, 2.45) is 0 Å². The maximum Gasteiger partial charge on any atom is 0.513 e. The van der Waals surface area contributed by atoms with Crippen molar-refractivity contribution in [1.29, 1.82) is 0 Å². The van der Waals surface area contributed by atoms with Crippen molar-refractivity contribution in [2.75, 3.05) is 19.8 Å². The van der Waals surface area contributed by atoms with Crippen LogP contribution < -0.4 is 9.47 Å². The fourth-order valence-electron chi connectivity index (χ4n) is 2.55. The predicted molar refractivity (Wildman–Crippen MR) is 132 cm³/mol. The van der Waals surface area contributed by atoms with Gasteiger partial charge in [0.2, 0.25) is 5.12 Å². The molecule has 190 valence electrons. The Bertz CT molecular complexity index is 1050. The lowest BCUT2D eigenvalue weighted by Gasteiger charge is -2.07. The van der Waals surface area contributed by atoms with Gasteiger partial charge in [-0.1, -0.05) is 13.2 Å². The van der Waals surface area contributed by atoms with Crippen LogP contribution in [0.5, 0.6) is 11.5 Å². The van der Waals surface area contributed by atoms with E-state index in [0.717, 1.165) is 24.1 Å². The summed E-state index contributed by atoms with van der Waals surface area (Å²) in [5.41, 5.74) is 0.427. The summed E-state index contributed by atoms with van der Waals surface area (Å²) in [5.74, 6) is -0.139. The minimum absolute atomic E-state index is 0.0907. The van der Waals surface area contributed by atoms with Gasteiger partial charge < -0.3 is 23.7 Å². The summed E-state index contributed by atoms with van der Waals surface area (Å²) in [6, 6.07) is 13.0. The van der Waals surface area contributed by atoms with E-state index >= 15 is 0 Å². The summed E-state index contributed by atoms with van der Waals surface area (Å²) in [7, 11) is 0. The standard InChI is InChI=1S/C26H26O9S/c1-3-23(27)33-16-5-6-17-34-26(30)35-21-9-7-19(8-10-21)25(29)36-22-13-11-20(12-14-22)32-18-15-24(28)31-4-2/h3-4,7-14H,1-2,5-6,15-18H2. The topological polar surface area (TPSA) is 114 Å². The minimum atomic E-state index is -0.869.